The van der Waals surface area contributed by atoms with Crippen LogP contribution in [0, 0.1) is 4.91 Å². The second-order valence-electron chi connectivity index (χ2n) is 2.50. The highest BCUT2D eigenvalue weighted by Crippen LogP contribution is 2.14. The van der Waals surface area contributed by atoms with Crippen LogP contribution in [0.1, 0.15) is 27.2 Å². The highest BCUT2D eigenvalue weighted by atomic mass is 16.3. The molecule has 0 aliphatic rings. The Morgan fingerprint density at radius 2 is 1.91 bits per heavy atom. The fourth-order valence-electron chi connectivity index (χ4n) is 0.656. The minimum absolute atomic E-state index is 0.155. The van der Waals surface area contributed by atoms with Gasteiger partial charge < -0.3 is 0 Å². The molecule has 0 N–H and O–H groups in total. The Morgan fingerprint density at radius 3 is 2.00 bits per heavy atom. The molecule has 1 atom stereocenters. The molecule has 1 unspecified atom stereocenters. The van der Waals surface area contributed by atoms with Crippen molar-refractivity contribution in [1.82, 2.24) is 0 Å². The van der Waals surface area contributed by atoms with Crippen molar-refractivity contribution >= 4 is 11.6 Å². The van der Waals surface area contributed by atoms with E-state index in [2.05, 4.69) is 5.18 Å². The zero-order valence-corrected chi connectivity index (χ0v) is 6.88. The van der Waals surface area contributed by atoms with E-state index < -0.39 is 17.1 Å². The predicted octanol–water partition coefficient (Wildman–Crippen LogP) is 1.08. The van der Waals surface area contributed by atoms with Crippen LogP contribution in [0.4, 0.5) is 0 Å². The summed E-state index contributed by atoms with van der Waals surface area (Å²) in [4.78, 5) is 32.0. The third-order valence-corrected chi connectivity index (χ3v) is 1.73. The average molecular weight is 157 g/mol. The van der Waals surface area contributed by atoms with Gasteiger partial charge >= 0.3 is 0 Å². The zero-order valence-electron chi connectivity index (χ0n) is 6.88. The van der Waals surface area contributed by atoms with E-state index in [4.69, 9.17) is 0 Å². The quantitative estimate of drug-likeness (QED) is 0.453. The molecule has 0 amide bonds. The van der Waals surface area contributed by atoms with Gasteiger partial charge in [0.05, 0.1) is 0 Å². The number of nitrogens with zero attached hydrogens (tertiary/aromatic N) is 1. The molecule has 0 aliphatic carbocycles. The van der Waals surface area contributed by atoms with Crippen molar-refractivity contribution in [3.05, 3.63) is 4.91 Å². The molecule has 0 aliphatic heterocycles. The first-order valence-corrected chi connectivity index (χ1v) is 3.38. The summed E-state index contributed by atoms with van der Waals surface area (Å²) in [6, 6.07) is 0. The molecule has 62 valence electrons. The van der Waals surface area contributed by atoms with Crippen molar-refractivity contribution in [3.8, 4) is 0 Å². The first-order chi connectivity index (χ1) is 4.99. The lowest BCUT2D eigenvalue weighted by atomic mass is 9.92. The van der Waals surface area contributed by atoms with E-state index in [9.17, 15) is 14.5 Å². The number of Topliss-reactive ketones (excluding diaryl/α,β-unsaturated/α-hetero) is 2. The fraction of sp³-hybridized carbons (Fsp3) is 0.714. The third kappa shape index (κ3) is 1.69. The second kappa shape index (κ2) is 3.37. The maximum absolute atomic E-state index is 11.0. The van der Waals surface area contributed by atoms with E-state index in [1.807, 2.05) is 0 Å². The molecule has 0 heterocycles. The summed E-state index contributed by atoms with van der Waals surface area (Å²) in [7, 11) is 0. The Morgan fingerprint density at radius 1 is 1.45 bits per heavy atom. The average Bonchev–Trinajstić information content (AvgIpc) is 2.01. The molecule has 0 radical (unpaired) electrons. The Kier molecular flexibility index (Phi) is 3.04. The van der Waals surface area contributed by atoms with Crippen LogP contribution in [0.2, 0.25) is 0 Å². The lowest BCUT2D eigenvalue weighted by Crippen LogP contribution is -2.39. The Hall–Kier alpha value is -1.06. The first-order valence-electron chi connectivity index (χ1n) is 3.38. The summed E-state index contributed by atoms with van der Waals surface area (Å²) >= 11 is 0. The Balaban J connectivity index is 4.74. The predicted molar refractivity (Wildman–Crippen MR) is 40.2 cm³/mol. The molecule has 0 saturated heterocycles. The van der Waals surface area contributed by atoms with E-state index in [0.29, 0.717) is 0 Å². The smallest absolute Gasteiger partial charge is 0.215 e. The van der Waals surface area contributed by atoms with E-state index in [1.165, 1.54) is 13.8 Å². The Labute approximate surface area is 64.9 Å². The maximum atomic E-state index is 11.0. The van der Waals surface area contributed by atoms with E-state index in [0.717, 1.165) is 0 Å². The molecular weight excluding hydrogens is 146 g/mol. The van der Waals surface area contributed by atoms with Gasteiger partial charge in [0.1, 0.15) is 0 Å². The number of hydrogen-bond acceptors (Lipinski definition) is 4. The van der Waals surface area contributed by atoms with Crippen LogP contribution in [0.5, 0.6) is 0 Å². The van der Waals surface area contributed by atoms with Crippen molar-refractivity contribution < 1.29 is 9.59 Å². The lowest BCUT2D eigenvalue weighted by Gasteiger charge is -2.14. The lowest BCUT2D eigenvalue weighted by molar-refractivity contribution is -0.132. The largest absolute Gasteiger partial charge is 0.297 e. The molecular formula is C7H11NO3. The summed E-state index contributed by atoms with van der Waals surface area (Å²) < 4.78 is 0. The number of rotatable bonds is 4. The fourth-order valence-corrected chi connectivity index (χ4v) is 0.656. The van der Waals surface area contributed by atoms with Gasteiger partial charge in [-0.15, -0.1) is 4.91 Å². The molecule has 4 heteroatoms. The molecule has 0 rings (SSSR count). The summed E-state index contributed by atoms with van der Waals surface area (Å²) in [5.74, 6) is -0.931. The summed E-state index contributed by atoms with van der Waals surface area (Å²) in [5.41, 5.74) is -1.66. The van der Waals surface area contributed by atoms with Gasteiger partial charge in [0.2, 0.25) is 5.54 Å². The van der Waals surface area contributed by atoms with Gasteiger partial charge in [0, 0.05) is 6.42 Å². The summed E-state index contributed by atoms with van der Waals surface area (Å²) in [6.07, 6.45) is 0.155. The van der Waals surface area contributed by atoms with Crippen LogP contribution >= 0.6 is 0 Å². The number of hydrogen-bond donors (Lipinski definition) is 0. The summed E-state index contributed by atoms with van der Waals surface area (Å²) in [5, 5.41) is 2.54. The molecule has 0 aromatic carbocycles. The van der Waals surface area contributed by atoms with Crippen LogP contribution in [0.3, 0.4) is 0 Å². The number of carbonyl (C=O) groups is 2. The maximum Gasteiger partial charge on any atom is 0.215 e. The van der Waals surface area contributed by atoms with Crippen molar-refractivity contribution in [2.45, 2.75) is 32.7 Å². The van der Waals surface area contributed by atoms with Crippen molar-refractivity contribution in [2.75, 3.05) is 0 Å². The third-order valence-electron chi connectivity index (χ3n) is 1.73. The van der Waals surface area contributed by atoms with Gasteiger partial charge in [-0.05, 0) is 19.0 Å². The summed E-state index contributed by atoms with van der Waals surface area (Å²) in [6.45, 7) is 4.03. The van der Waals surface area contributed by atoms with E-state index in [-0.39, 0.29) is 6.42 Å². The van der Waals surface area contributed by atoms with Crippen molar-refractivity contribution in [1.29, 1.82) is 0 Å². The van der Waals surface area contributed by atoms with Crippen molar-refractivity contribution in [3.63, 3.8) is 0 Å². The normalized spacial score (nSPS) is 15.2. The highest BCUT2D eigenvalue weighted by molar-refractivity contribution is 6.10. The molecule has 0 bridgehead atoms. The van der Waals surface area contributed by atoms with Gasteiger partial charge in [0.25, 0.3) is 0 Å². The van der Waals surface area contributed by atoms with Crippen LogP contribution in [-0.2, 0) is 9.59 Å². The SMILES string of the molecule is CCC(=O)C(C)(N=O)C(C)=O. The zero-order chi connectivity index (χ0) is 9.07. The van der Waals surface area contributed by atoms with Crippen LogP contribution in [-0.4, -0.2) is 17.1 Å². The minimum atomic E-state index is -1.66. The van der Waals surface area contributed by atoms with Gasteiger partial charge in [0.15, 0.2) is 11.6 Å². The molecule has 4 nitrogen and oxygen atoms in total. The minimum Gasteiger partial charge on any atom is -0.297 e. The first kappa shape index (κ1) is 9.94. The molecule has 0 aromatic rings. The number of carbonyl (C=O) groups excluding carboxylic acids is 2. The topological polar surface area (TPSA) is 63.6 Å². The highest BCUT2D eigenvalue weighted by Gasteiger charge is 2.38. The second-order valence-corrected chi connectivity index (χ2v) is 2.50. The van der Waals surface area contributed by atoms with Gasteiger partial charge in [-0.25, -0.2) is 0 Å². The van der Waals surface area contributed by atoms with Gasteiger partial charge in [-0.1, -0.05) is 6.92 Å². The molecule has 0 fully saturated rings. The van der Waals surface area contributed by atoms with E-state index in [1.54, 1.807) is 6.92 Å². The Bertz CT molecular complexity index is 200. The standard InChI is InChI=1S/C7H11NO3/c1-4-6(10)7(3,8-11)5(2)9/h4H2,1-3H3. The molecule has 0 spiro atoms. The molecule has 0 aromatic heterocycles. The number of nitroso groups, excluding NO2 is 1. The number of ketones is 2. The molecule has 11 heavy (non-hydrogen) atoms. The van der Waals surface area contributed by atoms with Crippen LogP contribution in [0.15, 0.2) is 5.18 Å². The monoisotopic (exact) mass is 157 g/mol. The molecule has 0 saturated carbocycles. The van der Waals surface area contributed by atoms with Gasteiger partial charge in [-0.3, -0.25) is 9.59 Å². The van der Waals surface area contributed by atoms with Crippen LogP contribution < -0.4 is 0 Å². The van der Waals surface area contributed by atoms with E-state index >= 15 is 0 Å². The van der Waals surface area contributed by atoms with Crippen LogP contribution in [0.25, 0.3) is 0 Å². The van der Waals surface area contributed by atoms with Crippen molar-refractivity contribution in [2.24, 2.45) is 5.18 Å². The van der Waals surface area contributed by atoms with Gasteiger partial charge in [-0.2, -0.15) is 0 Å².